The summed E-state index contributed by atoms with van der Waals surface area (Å²) in [4.78, 5) is 14.4. The average Bonchev–Trinajstić information content (AvgIpc) is 2.83. The highest BCUT2D eigenvalue weighted by Crippen LogP contribution is 2.35. The summed E-state index contributed by atoms with van der Waals surface area (Å²) in [6.07, 6.45) is 5.20. The molecule has 1 heterocycles. The molecule has 1 amide bonds. The number of amides is 1. The summed E-state index contributed by atoms with van der Waals surface area (Å²) in [7, 11) is -2.21. The molecule has 8 heteroatoms. The third-order valence-electron chi connectivity index (χ3n) is 4.37. The van der Waals surface area contributed by atoms with Gasteiger partial charge in [-0.3, -0.25) is 9.10 Å². The van der Waals surface area contributed by atoms with E-state index in [0.717, 1.165) is 36.2 Å². The zero-order chi connectivity index (χ0) is 18.6. The van der Waals surface area contributed by atoms with Crippen LogP contribution >= 0.6 is 11.6 Å². The van der Waals surface area contributed by atoms with Gasteiger partial charge in [-0.1, -0.05) is 24.4 Å². The first-order chi connectivity index (χ1) is 11.7. The van der Waals surface area contributed by atoms with Gasteiger partial charge >= 0.3 is 0 Å². The van der Waals surface area contributed by atoms with E-state index in [-0.39, 0.29) is 12.5 Å². The molecular weight excluding hydrogens is 364 g/mol. The first-order valence-electron chi connectivity index (χ1n) is 8.33. The highest BCUT2D eigenvalue weighted by atomic mass is 35.5. The zero-order valence-electron chi connectivity index (χ0n) is 14.9. The number of benzene rings is 1. The number of methoxy groups -OCH3 is 1. The van der Waals surface area contributed by atoms with Crippen molar-refractivity contribution in [2.75, 3.05) is 37.3 Å². The number of likely N-dealkylation sites (tertiary alicyclic amines) is 1. The van der Waals surface area contributed by atoms with Crippen molar-refractivity contribution in [1.82, 2.24) is 4.90 Å². The van der Waals surface area contributed by atoms with Crippen molar-refractivity contribution in [3.05, 3.63) is 22.7 Å². The number of rotatable bonds is 5. The van der Waals surface area contributed by atoms with Crippen molar-refractivity contribution in [2.45, 2.75) is 32.6 Å². The maximum Gasteiger partial charge on any atom is 0.243 e. The highest BCUT2D eigenvalue weighted by molar-refractivity contribution is 7.92. The van der Waals surface area contributed by atoms with Crippen LogP contribution in [0.15, 0.2) is 12.1 Å². The molecule has 0 aromatic heterocycles. The lowest BCUT2D eigenvalue weighted by molar-refractivity contribution is -0.129. The monoisotopic (exact) mass is 388 g/mol. The van der Waals surface area contributed by atoms with Gasteiger partial charge in [-0.25, -0.2) is 8.42 Å². The second-order valence-corrected chi connectivity index (χ2v) is 8.65. The Labute approximate surface area is 154 Å². The van der Waals surface area contributed by atoms with Crippen molar-refractivity contribution in [1.29, 1.82) is 0 Å². The van der Waals surface area contributed by atoms with Crippen molar-refractivity contribution >= 4 is 33.2 Å². The first-order valence-corrected chi connectivity index (χ1v) is 10.6. The molecule has 1 aromatic carbocycles. The molecule has 0 saturated carbocycles. The molecule has 0 unspecified atom stereocenters. The lowest BCUT2D eigenvalue weighted by atomic mass is 10.2. The van der Waals surface area contributed by atoms with E-state index in [1.807, 2.05) is 0 Å². The second-order valence-electron chi connectivity index (χ2n) is 6.34. The van der Waals surface area contributed by atoms with E-state index < -0.39 is 10.0 Å². The lowest BCUT2D eigenvalue weighted by Gasteiger charge is -2.28. The second kappa shape index (κ2) is 8.27. The molecule has 0 atom stereocenters. The summed E-state index contributed by atoms with van der Waals surface area (Å²) in [5, 5.41) is 0.480. The van der Waals surface area contributed by atoms with Crippen LogP contribution in [0.5, 0.6) is 5.75 Å². The van der Waals surface area contributed by atoms with Crippen molar-refractivity contribution in [2.24, 2.45) is 0 Å². The van der Waals surface area contributed by atoms with Crippen LogP contribution in [0.1, 0.15) is 31.2 Å². The molecule has 140 valence electrons. The third-order valence-corrected chi connectivity index (χ3v) is 5.90. The fourth-order valence-corrected chi connectivity index (χ4v) is 3.93. The number of ether oxygens (including phenoxy) is 1. The molecular formula is C17H25ClN2O4S. The Hall–Kier alpha value is -1.47. The number of hydrogen-bond acceptors (Lipinski definition) is 4. The van der Waals surface area contributed by atoms with Crippen LogP contribution in [0.3, 0.4) is 0 Å². The lowest BCUT2D eigenvalue weighted by Crippen LogP contribution is -2.43. The largest absolute Gasteiger partial charge is 0.494 e. The normalized spacial score (nSPS) is 15.6. The van der Waals surface area contributed by atoms with Gasteiger partial charge in [-0.15, -0.1) is 0 Å². The van der Waals surface area contributed by atoms with E-state index in [2.05, 4.69) is 0 Å². The molecule has 1 fully saturated rings. The Kier molecular flexibility index (Phi) is 6.57. The highest BCUT2D eigenvalue weighted by Gasteiger charge is 2.27. The Morgan fingerprint density at radius 3 is 2.36 bits per heavy atom. The molecule has 1 aliphatic rings. The predicted octanol–water partition coefficient (Wildman–Crippen LogP) is 2.83. The van der Waals surface area contributed by atoms with Gasteiger partial charge < -0.3 is 9.64 Å². The van der Waals surface area contributed by atoms with E-state index in [0.29, 0.717) is 35.1 Å². The maximum absolute atomic E-state index is 12.7. The van der Waals surface area contributed by atoms with Gasteiger partial charge in [0.1, 0.15) is 12.3 Å². The van der Waals surface area contributed by atoms with E-state index in [4.69, 9.17) is 16.3 Å². The van der Waals surface area contributed by atoms with Crippen LogP contribution in [0, 0.1) is 6.92 Å². The van der Waals surface area contributed by atoms with E-state index in [1.54, 1.807) is 24.0 Å². The minimum Gasteiger partial charge on any atom is -0.494 e. The molecule has 1 saturated heterocycles. The smallest absolute Gasteiger partial charge is 0.243 e. The van der Waals surface area contributed by atoms with Crippen molar-refractivity contribution in [3.63, 3.8) is 0 Å². The molecule has 25 heavy (non-hydrogen) atoms. The topological polar surface area (TPSA) is 66.9 Å². The number of nitrogens with zero attached hydrogens (tertiary/aromatic N) is 2. The number of carbonyl (C=O) groups excluding carboxylic acids is 1. The Bertz CT molecular complexity index is 728. The molecule has 6 nitrogen and oxygen atoms in total. The van der Waals surface area contributed by atoms with Crippen molar-refractivity contribution < 1.29 is 17.9 Å². The summed E-state index contributed by atoms with van der Waals surface area (Å²) >= 11 is 6.11. The molecule has 1 aromatic rings. The third kappa shape index (κ3) is 5.01. The molecule has 1 aliphatic heterocycles. The van der Waals surface area contributed by atoms with Crippen LogP contribution in [-0.2, 0) is 14.8 Å². The number of aryl methyl sites for hydroxylation is 1. The van der Waals surface area contributed by atoms with Gasteiger partial charge in [-0.05, 0) is 31.4 Å². The van der Waals surface area contributed by atoms with Crippen molar-refractivity contribution in [3.8, 4) is 5.75 Å². The maximum atomic E-state index is 12.7. The SMILES string of the molecule is COc1cc(Cl)c(C)cc1N(CC(=O)N1CCCCCC1)S(C)(=O)=O. The predicted molar refractivity (Wildman–Crippen MR) is 100.0 cm³/mol. The molecule has 0 radical (unpaired) electrons. The van der Waals surface area contributed by atoms with Crippen LogP contribution in [0.4, 0.5) is 5.69 Å². The fraction of sp³-hybridized carbons (Fsp3) is 0.588. The minimum absolute atomic E-state index is 0.193. The van der Waals surface area contributed by atoms with Gasteiger partial charge in [0.05, 0.1) is 19.1 Å². The summed E-state index contributed by atoms with van der Waals surface area (Å²) in [6, 6.07) is 3.21. The Balaban J connectivity index is 2.34. The Morgan fingerprint density at radius 1 is 1.24 bits per heavy atom. The van der Waals surface area contributed by atoms with Gasteiger partial charge in [0.15, 0.2) is 0 Å². The van der Waals surface area contributed by atoms with Gasteiger partial charge in [0.2, 0.25) is 15.9 Å². The van der Waals surface area contributed by atoms with E-state index in [1.165, 1.54) is 7.11 Å². The number of hydrogen-bond donors (Lipinski definition) is 0. The summed E-state index contributed by atoms with van der Waals surface area (Å²) < 4.78 is 31.1. The van der Waals surface area contributed by atoms with E-state index >= 15 is 0 Å². The quantitative estimate of drug-likeness (QED) is 0.777. The number of halogens is 1. The average molecular weight is 389 g/mol. The van der Waals surface area contributed by atoms with Gasteiger partial charge in [0, 0.05) is 24.2 Å². The molecule has 0 aliphatic carbocycles. The zero-order valence-corrected chi connectivity index (χ0v) is 16.5. The molecule has 0 bridgehead atoms. The molecule has 0 spiro atoms. The number of sulfonamides is 1. The van der Waals surface area contributed by atoms with Gasteiger partial charge in [0.25, 0.3) is 0 Å². The first kappa shape index (κ1) is 19.8. The van der Waals surface area contributed by atoms with Gasteiger partial charge in [-0.2, -0.15) is 0 Å². The Morgan fingerprint density at radius 2 is 1.84 bits per heavy atom. The summed E-state index contributed by atoms with van der Waals surface area (Å²) in [6.45, 7) is 2.89. The van der Waals surface area contributed by atoms with Crippen LogP contribution in [0.2, 0.25) is 5.02 Å². The van der Waals surface area contributed by atoms with Crippen LogP contribution < -0.4 is 9.04 Å². The standard InChI is InChI=1S/C17H25ClN2O4S/c1-13-10-15(16(24-2)11-14(13)18)20(25(3,22)23)12-17(21)19-8-6-4-5-7-9-19/h10-11H,4-9,12H2,1-3H3. The fourth-order valence-electron chi connectivity index (χ4n) is 2.93. The molecule has 2 rings (SSSR count). The van der Waals surface area contributed by atoms with Crippen LogP contribution in [-0.4, -0.2) is 52.2 Å². The summed E-state index contributed by atoms with van der Waals surface area (Å²) in [5.41, 5.74) is 1.04. The number of carbonyl (C=O) groups is 1. The van der Waals surface area contributed by atoms with Crippen LogP contribution in [0.25, 0.3) is 0 Å². The molecule has 0 N–H and O–H groups in total. The summed E-state index contributed by atoms with van der Waals surface area (Å²) in [5.74, 6) is 0.131. The minimum atomic E-state index is -3.66. The van der Waals surface area contributed by atoms with E-state index in [9.17, 15) is 13.2 Å². The number of anilines is 1.